The van der Waals surface area contributed by atoms with Crippen LogP contribution in [0.2, 0.25) is 0 Å². The maximum atomic E-state index is 12.9. The lowest BCUT2D eigenvalue weighted by molar-refractivity contribution is 0.102. The summed E-state index contributed by atoms with van der Waals surface area (Å²) in [4.78, 5) is 16.6. The van der Waals surface area contributed by atoms with Crippen LogP contribution in [0.15, 0.2) is 54.7 Å². The van der Waals surface area contributed by atoms with Gasteiger partial charge in [0.2, 0.25) is 5.95 Å². The van der Waals surface area contributed by atoms with E-state index in [4.69, 9.17) is 4.74 Å². The first-order valence-electron chi connectivity index (χ1n) is 7.31. The number of aromatic nitrogens is 2. The minimum absolute atomic E-state index is 0.343. The molecule has 5 nitrogen and oxygen atoms in total. The van der Waals surface area contributed by atoms with Crippen molar-refractivity contribution in [3.63, 3.8) is 0 Å². The van der Waals surface area contributed by atoms with Gasteiger partial charge < -0.3 is 9.30 Å². The van der Waals surface area contributed by atoms with Crippen molar-refractivity contribution in [1.82, 2.24) is 9.55 Å². The molecule has 0 atom stereocenters. The molecule has 0 aliphatic carbocycles. The highest BCUT2D eigenvalue weighted by Crippen LogP contribution is 2.23. The molecule has 1 N–H and O–H groups in total. The molecule has 24 heavy (non-hydrogen) atoms. The van der Waals surface area contributed by atoms with Gasteiger partial charge in [-0.15, -0.1) is 0 Å². The zero-order valence-corrected chi connectivity index (χ0v) is 13.3. The molecule has 3 aromatic rings. The van der Waals surface area contributed by atoms with Gasteiger partial charge in [0.1, 0.15) is 11.6 Å². The van der Waals surface area contributed by atoms with Gasteiger partial charge in [-0.05, 0) is 48.5 Å². The van der Waals surface area contributed by atoms with Crippen molar-refractivity contribution in [3.05, 3.63) is 66.1 Å². The zero-order valence-electron chi connectivity index (χ0n) is 13.3. The zero-order chi connectivity index (χ0) is 17.1. The number of methoxy groups -OCH3 is 1. The summed E-state index contributed by atoms with van der Waals surface area (Å²) in [5.41, 5.74) is 2.01. The Morgan fingerprint density at radius 1 is 1.12 bits per heavy atom. The summed E-state index contributed by atoms with van der Waals surface area (Å²) in [6.45, 7) is 0. The largest absolute Gasteiger partial charge is 0.497 e. The second-order valence-corrected chi connectivity index (χ2v) is 5.25. The van der Waals surface area contributed by atoms with Crippen molar-refractivity contribution in [2.75, 3.05) is 12.4 Å². The van der Waals surface area contributed by atoms with Crippen molar-refractivity contribution >= 4 is 11.9 Å². The van der Waals surface area contributed by atoms with Crippen LogP contribution in [0.3, 0.4) is 0 Å². The fourth-order valence-electron chi connectivity index (χ4n) is 2.26. The highest BCUT2D eigenvalue weighted by molar-refractivity contribution is 6.03. The lowest BCUT2D eigenvalue weighted by atomic mass is 10.2. The fraction of sp³-hybridized carbons (Fsp3) is 0.111. The molecule has 0 unspecified atom stereocenters. The number of nitrogens with one attached hydrogen (secondary N) is 1. The number of benzene rings is 2. The summed E-state index contributed by atoms with van der Waals surface area (Å²) in [5, 5.41) is 2.72. The van der Waals surface area contributed by atoms with Gasteiger partial charge in [-0.25, -0.2) is 9.37 Å². The second-order valence-electron chi connectivity index (χ2n) is 5.25. The van der Waals surface area contributed by atoms with Crippen molar-refractivity contribution in [3.8, 4) is 17.0 Å². The molecule has 0 saturated carbocycles. The summed E-state index contributed by atoms with van der Waals surface area (Å²) in [6.07, 6.45) is 1.82. The van der Waals surface area contributed by atoms with E-state index in [9.17, 15) is 9.18 Å². The fourth-order valence-corrected chi connectivity index (χ4v) is 2.26. The van der Waals surface area contributed by atoms with E-state index in [1.54, 1.807) is 18.7 Å². The van der Waals surface area contributed by atoms with Gasteiger partial charge in [0.15, 0.2) is 0 Å². The summed E-state index contributed by atoms with van der Waals surface area (Å²) in [7, 11) is 3.40. The number of hydrogen-bond donors (Lipinski definition) is 1. The third kappa shape index (κ3) is 3.27. The number of carbonyl (C=O) groups is 1. The van der Waals surface area contributed by atoms with Crippen LogP contribution >= 0.6 is 0 Å². The van der Waals surface area contributed by atoms with E-state index >= 15 is 0 Å². The van der Waals surface area contributed by atoms with Crippen molar-refractivity contribution in [2.24, 2.45) is 7.05 Å². The van der Waals surface area contributed by atoms with E-state index < -0.39 is 0 Å². The van der Waals surface area contributed by atoms with Crippen LogP contribution in [0, 0.1) is 5.82 Å². The number of aryl methyl sites for hydroxylation is 1. The van der Waals surface area contributed by atoms with Crippen molar-refractivity contribution < 1.29 is 13.9 Å². The topological polar surface area (TPSA) is 56.1 Å². The molecule has 2 aromatic carbocycles. The average Bonchev–Trinajstić information content (AvgIpc) is 2.96. The number of amides is 1. The molecule has 0 aliphatic rings. The molecule has 1 amide bonds. The Morgan fingerprint density at radius 3 is 2.42 bits per heavy atom. The van der Waals surface area contributed by atoms with Crippen LogP contribution in [0.4, 0.5) is 10.3 Å². The molecule has 0 aliphatic heterocycles. The minimum atomic E-state index is -0.384. The summed E-state index contributed by atoms with van der Waals surface area (Å²) < 4.78 is 19.8. The SMILES string of the molecule is COc1ccc(-c2cn(C)c(NC(=O)c3ccc(F)cc3)n2)cc1. The standard InChI is InChI=1S/C18H16FN3O2/c1-22-11-16(12-5-9-15(24-2)10-6-12)20-18(22)21-17(23)13-3-7-14(19)8-4-13/h3-11H,1-2H3,(H,20,21,23). The molecule has 6 heteroatoms. The first-order chi connectivity index (χ1) is 11.6. The van der Waals surface area contributed by atoms with Gasteiger partial charge in [0.25, 0.3) is 5.91 Å². The highest BCUT2D eigenvalue weighted by atomic mass is 19.1. The normalized spacial score (nSPS) is 10.5. The Morgan fingerprint density at radius 2 is 1.79 bits per heavy atom. The average molecular weight is 325 g/mol. The molecule has 1 heterocycles. The number of halogens is 1. The van der Waals surface area contributed by atoms with Crippen molar-refractivity contribution in [2.45, 2.75) is 0 Å². The summed E-state index contributed by atoms with van der Waals surface area (Å²) in [5.74, 6) is 0.449. The Hall–Kier alpha value is -3.15. The second kappa shape index (κ2) is 6.54. The lowest BCUT2D eigenvalue weighted by Gasteiger charge is -2.04. The molecule has 0 bridgehead atoms. The molecule has 0 spiro atoms. The molecule has 0 saturated heterocycles. The number of rotatable bonds is 4. The smallest absolute Gasteiger partial charge is 0.257 e. The van der Waals surface area contributed by atoms with Crippen LogP contribution in [0.25, 0.3) is 11.3 Å². The summed E-state index contributed by atoms with van der Waals surface area (Å²) >= 11 is 0. The Labute approximate surface area is 138 Å². The van der Waals surface area contributed by atoms with Gasteiger partial charge in [-0.1, -0.05) is 0 Å². The van der Waals surface area contributed by atoms with Crippen LogP contribution in [0.5, 0.6) is 5.75 Å². The van der Waals surface area contributed by atoms with E-state index in [2.05, 4.69) is 10.3 Å². The monoisotopic (exact) mass is 325 g/mol. The van der Waals surface area contributed by atoms with Gasteiger partial charge in [0.05, 0.1) is 12.8 Å². The molecular weight excluding hydrogens is 309 g/mol. The maximum absolute atomic E-state index is 12.9. The molecule has 0 fully saturated rings. The predicted octanol–water partition coefficient (Wildman–Crippen LogP) is 3.49. The first kappa shape index (κ1) is 15.7. The summed E-state index contributed by atoms with van der Waals surface area (Å²) in [6, 6.07) is 12.8. The van der Waals surface area contributed by atoms with E-state index in [0.717, 1.165) is 17.0 Å². The van der Waals surface area contributed by atoms with E-state index in [0.29, 0.717) is 11.5 Å². The number of carbonyl (C=O) groups excluding carboxylic acids is 1. The van der Waals surface area contributed by atoms with E-state index in [1.807, 2.05) is 30.5 Å². The number of anilines is 1. The molecule has 3 rings (SSSR count). The van der Waals surface area contributed by atoms with Crippen LogP contribution in [-0.4, -0.2) is 22.6 Å². The third-order valence-electron chi connectivity index (χ3n) is 3.59. The van der Waals surface area contributed by atoms with E-state index in [-0.39, 0.29) is 11.7 Å². The first-order valence-corrected chi connectivity index (χ1v) is 7.31. The number of hydrogen-bond acceptors (Lipinski definition) is 3. The van der Waals surface area contributed by atoms with Gasteiger partial charge >= 0.3 is 0 Å². The van der Waals surface area contributed by atoms with Gasteiger partial charge in [-0.2, -0.15) is 0 Å². The molecule has 0 radical (unpaired) electrons. The third-order valence-corrected chi connectivity index (χ3v) is 3.59. The Balaban J connectivity index is 1.80. The Kier molecular flexibility index (Phi) is 4.29. The van der Waals surface area contributed by atoms with Crippen LogP contribution < -0.4 is 10.1 Å². The minimum Gasteiger partial charge on any atom is -0.497 e. The van der Waals surface area contributed by atoms with Crippen LogP contribution in [0.1, 0.15) is 10.4 Å². The number of nitrogens with zero attached hydrogens (tertiary/aromatic N) is 2. The highest BCUT2D eigenvalue weighted by Gasteiger charge is 2.12. The molecular formula is C18H16FN3O2. The predicted molar refractivity (Wildman–Crippen MR) is 89.5 cm³/mol. The van der Waals surface area contributed by atoms with Crippen molar-refractivity contribution in [1.29, 1.82) is 0 Å². The van der Waals surface area contributed by atoms with Gasteiger partial charge in [0, 0.05) is 24.4 Å². The van der Waals surface area contributed by atoms with Gasteiger partial charge in [-0.3, -0.25) is 10.1 Å². The number of imidazole rings is 1. The number of ether oxygens (including phenoxy) is 1. The molecule has 1 aromatic heterocycles. The lowest BCUT2D eigenvalue weighted by Crippen LogP contribution is -2.14. The maximum Gasteiger partial charge on any atom is 0.257 e. The van der Waals surface area contributed by atoms with E-state index in [1.165, 1.54) is 24.3 Å². The Bertz CT molecular complexity index is 855. The molecule has 122 valence electrons. The quantitative estimate of drug-likeness (QED) is 0.799. The van der Waals surface area contributed by atoms with Crippen LogP contribution in [-0.2, 0) is 7.05 Å².